The second-order valence-electron chi connectivity index (χ2n) is 8.90. The number of hydrogen-bond donors (Lipinski definition) is 1. The lowest BCUT2D eigenvalue weighted by Gasteiger charge is -2.16. The predicted octanol–water partition coefficient (Wildman–Crippen LogP) is 5.75. The number of benzene rings is 1. The molecule has 1 atom stereocenters. The molecule has 1 aliphatic heterocycles. The van der Waals surface area contributed by atoms with Gasteiger partial charge in [0.2, 0.25) is 5.95 Å². The molecular weight excluding hydrogens is 459 g/mol. The van der Waals surface area contributed by atoms with Gasteiger partial charge >= 0.3 is 0 Å². The number of halogens is 1. The number of nitrogens with one attached hydrogen (secondary N) is 1. The highest BCUT2D eigenvalue weighted by Gasteiger charge is 2.23. The summed E-state index contributed by atoms with van der Waals surface area (Å²) in [5.74, 6) is 3.17. The average Bonchev–Trinajstić information content (AvgIpc) is 3.51. The van der Waals surface area contributed by atoms with E-state index < -0.39 is 6.17 Å². The van der Waals surface area contributed by atoms with Crippen LogP contribution in [0.15, 0.2) is 53.2 Å². The maximum absolute atomic E-state index is 13.5. The van der Waals surface area contributed by atoms with E-state index in [4.69, 9.17) is 19.1 Å². The van der Waals surface area contributed by atoms with Crippen molar-refractivity contribution in [2.75, 3.05) is 30.4 Å². The van der Waals surface area contributed by atoms with Gasteiger partial charge in [0.1, 0.15) is 29.1 Å². The van der Waals surface area contributed by atoms with Crippen LogP contribution >= 0.6 is 0 Å². The molecule has 4 heterocycles. The van der Waals surface area contributed by atoms with Crippen molar-refractivity contribution in [2.45, 2.75) is 39.3 Å². The van der Waals surface area contributed by atoms with Gasteiger partial charge in [0.15, 0.2) is 11.7 Å². The van der Waals surface area contributed by atoms with Crippen LogP contribution in [0.4, 0.5) is 21.8 Å². The first-order chi connectivity index (χ1) is 17.5. The van der Waals surface area contributed by atoms with Crippen LogP contribution in [0.3, 0.4) is 0 Å². The maximum Gasteiger partial charge on any atom is 0.227 e. The predicted molar refractivity (Wildman–Crippen MR) is 137 cm³/mol. The second kappa shape index (κ2) is 10.3. The minimum atomic E-state index is -0.791. The van der Waals surface area contributed by atoms with Crippen molar-refractivity contribution < 1.29 is 13.5 Å². The first-order valence-corrected chi connectivity index (χ1v) is 12.1. The highest BCUT2D eigenvalue weighted by Crippen LogP contribution is 2.35. The quantitative estimate of drug-likeness (QED) is 0.335. The number of aryl methyl sites for hydroxylation is 2. The Morgan fingerprint density at radius 1 is 1.17 bits per heavy atom. The van der Waals surface area contributed by atoms with E-state index in [0.29, 0.717) is 48.5 Å². The molecule has 5 rings (SSSR count). The van der Waals surface area contributed by atoms with Crippen LogP contribution in [0.5, 0.6) is 5.75 Å². The maximum atomic E-state index is 13.5. The molecule has 0 aliphatic carbocycles. The van der Waals surface area contributed by atoms with Gasteiger partial charge in [0, 0.05) is 24.7 Å². The second-order valence-corrected chi connectivity index (χ2v) is 8.90. The van der Waals surface area contributed by atoms with E-state index in [1.807, 2.05) is 36.1 Å². The molecular formula is C27H29FN6O2. The fourth-order valence-corrected chi connectivity index (χ4v) is 4.30. The molecule has 186 valence electrons. The molecule has 9 heteroatoms. The van der Waals surface area contributed by atoms with Gasteiger partial charge in [-0.05, 0) is 61.7 Å². The molecule has 0 unspecified atom stereocenters. The Bertz CT molecular complexity index is 1340. The van der Waals surface area contributed by atoms with Crippen LogP contribution in [0, 0.1) is 6.92 Å². The van der Waals surface area contributed by atoms with E-state index in [1.54, 1.807) is 25.6 Å². The normalized spacial score (nSPS) is 15.3. The van der Waals surface area contributed by atoms with Crippen molar-refractivity contribution in [1.29, 1.82) is 0 Å². The van der Waals surface area contributed by atoms with Crippen LogP contribution in [0.2, 0.25) is 0 Å². The molecule has 1 N–H and O–H groups in total. The first kappa shape index (κ1) is 23.7. The van der Waals surface area contributed by atoms with Gasteiger partial charge in [0.25, 0.3) is 0 Å². The Hall–Kier alpha value is -4.01. The van der Waals surface area contributed by atoms with Crippen molar-refractivity contribution in [2.24, 2.45) is 0 Å². The molecule has 8 nitrogen and oxygen atoms in total. The molecule has 0 bridgehead atoms. The Balaban J connectivity index is 1.43. The number of alkyl halides is 1. The highest BCUT2D eigenvalue weighted by molar-refractivity contribution is 5.76. The van der Waals surface area contributed by atoms with Crippen molar-refractivity contribution in [1.82, 2.24) is 19.9 Å². The van der Waals surface area contributed by atoms with Gasteiger partial charge < -0.3 is 19.4 Å². The molecule has 36 heavy (non-hydrogen) atoms. The third-order valence-electron chi connectivity index (χ3n) is 6.04. The lowest BCUT2D eigenvalue weighted by atomic mass is 10.1. The van der Waals surface area contributed by atoms with E-state index in [0.717, 1.165) is 41.2 Å². The summed E-state index contributed by atoms with van der Waals surface area (Å²) >= 11 is 0. The van der Waals surface area contributed by atoms with E-state index in [9.17, 15) is 4.39 Å². The summed E-state index contributed by atoms with van der Waals surface area (Å²) in [6.07, 6.45) is 4.78. The molecule has 1 fully saturated rings. The van der Waals surface area contributed by atoms with E-state index >= 15 is 0 Å². The lowest BCUT2D eigenvalue weighted by Crippen LogP contribution is -2.20. The number of ether oxygens (including phenoxy) is 1. The van der Waals surface area contributed by atoms with Crippen molar-refractivity contribution >= 4 is 17.5 Å². The van der Waals surface area contributed by atoms with Crippen LogP contribution in [-0.4, -0.2) is 46.3 Å². The number of pyridine rings is 1. The molecule has 1 aliphatic rings. The van der Waals surface area contributed by atoms with Gasteiger partial charge in [-0.15, -0.1) is 0 Å². The number of nitrogens with zero attached hydrogens (tertiary/aromatic N) is 5. The smallest absolute Gasteiger partial charge is 0.227 e. The van der Waals surface area contributed by atoms with E-state index in [-0.39, 0.29) is 0 Å². The average molecular weight is 489 g/mol. The summed E-state index contributed by atoms with van der Waals surface area (Å²) in [6.45, 7) is 5.17. The summed E-state index contributed by atoms with van der Waals surface area (Å²) in [6, 6.07) is 11.5. The monoisotopic (exact) mass is 488 g/mol. The zero-order chi connectivity index (χ0) is 25.1. The number of methoxy groups -OCH3 is 1. The van der Waals surface area contributed by atoms with Gasteiger partial charge in [-0.2, -0.15) is 0 Å². The van der Waals surface area contributed by atoms with Gasteiger partial charge in [-0.3, -0.25) is 0 Å². The zero-order valence-electron chi connectivity index (χ0n) is 20.7. The Kier molecular flexibility index (Phi) is 6.79. The fourth-order valence-electron chi connectivity index (χ4n) is 4.30. The minimum absolute atomic E-state index is 0.386. The molecule has 0 amide bonds. The third kappa shape index (κ3) is 5.15. The van der Waals surface area contributed by atoms with Gasteiger partial charge in [-0.1, -0.05) is 6.92 Å². The Morgan fingerprint density at radius 2 is 2.06 bits per heavy atom. The number of rotatable bonds is 8. The van der Waals surface area contributed by atoms with Crippen LogP contribution in [-0.2, 0) is 6.42 Å². The third-order valence-corrected chi connectivity index (χ3v) is 6.04. The SMILES string of the molecule is CCCc1nc(-c2cc(C)cc(OC)c2)c(-c2ccnc(Nc3ccc(N4CC[C@@H](F)C4)nc3)n2)o1. The largest absolute Gasteiger partial charge is 0.497 e. The summed E-state index contributed by atoms with van der Waals surface area (Å²) in [5.41, 5.74) is 4.03. The molecule has 3 aromatic heterocycles. The van der Waals surface area contributed by atoms with Crippen LogP contribution in [0.1, 0.15) is 31.2 Å². The molecule has 1 aromatic carbocycles. The number of oxazole rings is 1. The Labute approximate surface area is 209 Å². The first-order valence-electron chi connectivity index (χ1n) is 12.1. The summed E-state index contributed by atoms with van der Waals surface area (Å²) in [4.78, 5) is 20.3. The summed E-state index contributed by atoms with van der Waals surface area (Å²) in [7, 11) is 1.65. The molecule has 0 saturated carbocycles. The lowest BCUT2D eigenvalue weighted by molar-refractivity contribution is 0.364. The molecule has 1 saturated heterocycles. The zero-order valence-corrected chi connectivity index (χ0v) is 20.7. The van der Waals surface area contributed by atoms with Crippen LogP contribution < -0.4 is 15.0 Å². The van der Waals surface area contributed by atoms with Crippen molar-refractivity contribution in [3.8, 4) is 28.5 Å². The van der Waals surface area contributed by atoms with E-state index in [2.05, 4.69) is 28.3 Å². The fraction of sp³-hybridized carbons (Fsp3) is 0.333. The topological polar surface area (TPSA) is 89.2 Å². The molecule has 0 spiro atoms. The van der Waals surface area contributed by atoms with Gasteiger partial charge in [0.05, 0.1) is 25.5 Å². The molecule has 4 aromatic rings. The van der Waals surface area contributed by atoms with Crippen molar-refractivity contribution in [3.05, 3.63) is 60.2 Å². The standard InChI is InChI=1S/C27H29FN6O2/c1-4-5-24-33-25(18-12-17(2)13-21(14-18)35-3)26(36-24)22-8-10-29-27(32-22)31-20-6-7-23(30-15-20)34-11-9-19(28)16-34/h6-8,10,12-15,19H,4-5,9,11,16H2,1-3H3,(H,29,31,32)/t19-/m1/s1. The number of anilines is 3. The van der Waals surface area contributed by atoms with Crippen molar-refractivity contribution in [3.63, 3.8) is 0 Å². The summed E-state index contributed by atoms with van der Waals surface area (Å²) in [5, 5.41) is 3.20. The Morgan fingerprint density at radius 3 is 2.78 bits per heavy atom. The van der Waals surface area contributed by atoms with E-state index in [1.165, 1.54) is 0 Å². The van der Waals surface area contributed by atoms with Gasteiger partial charge in [-0.25, -0.2) is 24.3 Å². The highest BCUT2D eigenvalue weighted by atomic mass is 19.1. The molecule has 0 radical (unpaired) electrons. The minimum Gasteiger partial charge on any atom is -0.497 e. The summed E-state index contributed by atoms with van der Waals surface area (Å²) < 4.78 is 25.2. The number of hydrogen-bond acceptors (Lipinski definition) is 8. The van der Waals surface area contributed by atoms with Crippen LogP contribution in [0.25, 0.3) is 22.7 Å². The number of aromatic nitrogens is 4.